The molecule has 2 N–H and O–H groups in total. The highest BCUT2D eigenvalue weighted by Crippen LogP contribution is 2.30. The van der Waals surface area contributed by atoms with Crippen molar-refractivity contribution in [3.63, 3.8) is 0 Å². The number of nitrogen functional groups attached to an aromatic ring is 1. The summed E-state index contributed by atoms with van der Waals surface area (Å²) in [5.74, 6) is 7.18. The molecular weight excluding hydrogens is 370 g/mol. The highest BCUT2D eigenvalue weighted by Gasteiger charge is 2.32. The third kappa shape index (κ3) is 4.20. The maximum Gasteiger partial charge on any atom is 0.233 e. The van der Waals surface area contributed by atoms with Crippen molar-refractivity contribution in [3.05, 3.63) is 65.7 Å². The number of nitrogens with zero attached hydrogens (tertiary/aromatic N) is 4. The largest absolute Gasteiger partial charge is 0.335 e. The minimum Gasteiger partial charge on any atom is -0.335 e. The van der Waals surface area contributed by atoms with E-state index in [9.17, 15) is 4.79 Å². The van der Waals surface area contributed by atoms with Gasteiger partial charge in [-0.25, -0.2) is 4.68 Å². The fourth-order valence-corrected chi connectivity index (χ4v) is 3.81. The third-order valence-electron chi connectivity index (χ3n) is 4.80. The SMILES string of the molecule is Cc1ccc(-c2nnc(SCC(=O)N(Cc3ccccc3)C3CC3)n2N)cc1. The molecule has 0 bridgehead atoms. The predicted octanol–water partition coefficient (Wildman–Crippen LogP) is 3.25. The molecule has 0 spiro atoms. The molecule has 0 saturated heterocycles. The van der Waals surface area contributed by atoms with E-state index in [2.05, 4.69) is 22.3 Å². The molecule has 7 heteroatoms. The lowest BCUT2D eigenvalue weighted by atomic mass is 10.1. The van der Waals surface area contributed by atoms with E-state index in [-0.39, 0.29) is 5.91 Å². The summed E-state index contributed by atoms with van der Waals surface area (Å²) >= 11 is 1.33. The first-order valence-electron chi connectivity index (χ1n) is 9.35. The molecule has 144 valence electrons. The number of carbonyl (C=O) groups excluding carboxylic acids is 1. The van der Waals surface area contributed by atoms with Crippen LogP contribution in [0.2, 0.25) is 0 Å². The highest BCUT2D eigenvalue weighted by molar-refractivity contribution is 7.99. The Morgan fingerprint density at radius 1 is 1.14 bits per heavy atom. The van der Waals surface area contributed by atoms with Gasteiger partial charge in [0.25, 0.3) is 0 Å². The van der Waals surface area contributed by atoms with Gasteiger partial charge in [0.1, 0.15) is 0 Å². The maximum atomic E-state index is 12.8. The summed E-state index contributed by atoms with van der Waals surface area (Å²) in [5.41, 5.74) is 3.23. The molecule has 1 aliphatic rings. The number of aromatic nitrogens is 3. The van der Waals surface area contributed by atoms with E-state index in [1.807, 2.05) is 54.3 Å². The molecule has 1 aromatic heterocycles. The third-order valence-corrected chi connectivity index (χ3v) is 5.73. The highest BCUT2D eigenvalue weighted by atomic mass is 32.2. The van der Waals surface area contributed by atoms with Gasteiger partial charge in [-0.2, -0.15) is 0 Å². The Morgan fingerprint density at radius 3 is 2.54 bits per heavy atom. The van der Waals surface area contributed by atoms with Gasteiger partial charge in [-0.1, -0.05) is 71.9 Å². The molecular formula is C21H23N5OS. The van der Waals surface area contributed by atoms with Crippen LogP contribution in [0, 0.1) is 6.92 Å². The van der Waals surface area contributed by atoms with E-state index >= 15 is 0 Å². The van der Waals surface area contributed by atoms with E-state index in [1.165, 1.54) is 22.0 Å². The standard InChI is InChI=1S/C21H23N5OS/c1-15-7-9-17(10-8-15)20-23-24-21(26(20)22)28-14-19(27)25(18-11-12-18)13-16-5-3-2-4-6-16/h2-10,18H,11-14,22H2,1H3. The predicted molar refractivity (Wildman–Crippen MR) is 111 cm³/mol. The smallest absolute Gasteiger partial charge is 0.233 e. The lowest BCUT2D eigenvalue weighted by Crippen LogP contribution is -2.34. The minimum atomic E-state index is 0.108. The van der Waals surface area contributed by atoms with Crippen LogP contribution >= 0.6 is 11.8 Å². The van der Waals surface area contributed by atoms with Crippen LogP contribution in [0.5, 0.6) is 0 Å². The number of thioether (sulfide) groups is 1. The molecule has 1 aliphatic carbocycles. The number of benzene rings is 2. The molecule has 0 atom stereocenters. The van der Waals surface area contributed by atoms with Gasteiger partial charge in [0.2, 0.25) is 11.1 Å². The lowest BCUT2D eigenvalue weighted by molar-refractivity contribution is -0.129. The summed E-state index contributed by atoms with van der Waals surface area (Å²) in [6.45, 7) is 2.68. The van der Waals surface area contributed by atoms with Gasteiger partial charge >= 0.3 is 0 Å². The Kier molecular flexibility index (Phi) is 5.34. The van der Waals surface area contributed by atoms with Crippen LogP contribution in [0.15, 0.2) is 59.8 Å². The number of amides is 1. The van der Waals surface area contributed by atoms with Crippen LogP contribution in [0.25, 0.3) is 11.4 Å². The zero-order valence-corrected chi connectivity index (χ0v) is 16.6. The number of rotatable bonds is 7. The molecule has 4 rings (SSSR count). The van der Waals surface area contributed by atoms with Crippen molar-refractivity contribution in [2.75, 3.05) is 11.6 Å². The molecule has 0 radical (unpaired) electrons. The summed E-state index contributed by atoms with van der Waals surface area (Å²) < 4.78 is 1.46. The van der Waals surface area contributed by atoms with Gasteiger partial charge in [0.15, 0.2) is 5.82 Å². The number of hydrogen-bond acceptors (Lipinski definition) is 5. The van der Waals surface area contributed by atoms with Crippen molar-refractivity contribution in [2.24, 2.45) is 0 Å². The summed E-state index contributed by atoms with van der Waals surface area (Å²) in [5, 5.41) is 8.91. The molecule has 0 unspecified atom stereocenters. The van der Waals surface area contributed by atoms with E-state index in [0.717, 1.165) is 24.0 Å². The van der Waals surface area contributed by atoms with Gasteiger partial charge in [0.05, 0.1) is 5.75 Å². The van der Waals surface area contributed by atoms with Crippen LogP contribution in [-0.4, -0.2) is 37.5 Å². The van der Waals surface area contributed by atoms with Crippen molar-refractivity contribution in [2.45, 2.75) is 37.5 Å². The Morgan fingerprint density at radius 2 is 1.86 bits per heavy atom. The minimum absolute atomic E-state index is 0.108. The Balaban J connectivity index is 1.42. The zero-order valence-electron chi connectivity index (χ0n) is 15.8. The fourth-order valence-electron chi connectivity index (χ4n) is 3.07. The van der Waals surface area contributed by atoms with Gasteiger partial charge in [-0.3, -0.25) is 4.79 Å². The zero-order chi connectivity index (χ0) is 19.5. The Bertz CT molecular complexity index is 951. The Labute approximate surface area is 168 Å². The molecule has 2 aromatic carbocycles. The fraction of sp³-hybridized carbons (Fsp3) is 0.286. The van der Waals surface area contributed by atoms with Crippen molar-refractivity contribution in [1.29, 1.82) is 0 Å². The van der Waals surface area contributed by atoms with E-state index < -0.39 is 0 Å². The summed E-state index contributed by atoms with van der Waals surface area (Å²) in [7, 11) is 0. The molecule has 28 heavy (non-hydrogen) atoms. The molecule has 0 aliphatic heterocycles. The van der Waals surface area contributed by atoms with Crippen molar-refractivity contribution < 1.29 is 4.79 Å². The number of aryl methyl sites for hydroxylation is 1. The molecule has 1 heterocycles. The first-order valence-corrected chi connectivity index (χ1v) is 10.3. The number of carbonyl (C=O) groups is 1. The van der Waals surface area contributed by atoms with Crippen molar-refractivity contribution in [3.8, 4) is 11.4 Å². The second-order valence-electron chi connectivity index (χ2n) is 7.07. The number of nitrogens with two attached hydrogens (primary N) is 1. The number of hydrogen-bond donors (Lipinski definition) is 1. The second-order valence-corrected chi connectivity index (χ2v) is 8.01. The molecule has 1 amide bonds. The van der Waals surface area contributed by atoms with E-state index in [1.54, 1.807) is 0 Å². The van der Waals surface area contributed by atoms with Crippen LogP contribution < -0.4 is 5.84 Å². The molecule has 1 fully saturated rings. The quantitative estimate of drug-likeness (QED) is 0.492. The first-order chi connectivity index (χ1) is 13.6. The molecule has 3 aromatic rings. The van der Waals surface area contributed by atoms with Crippen molar-refractivity contribution >= 4 is 17.7 Å². The second kappa shape index (κ2) is 8.06. The van der Waals surface area contributed by atoms with E-state index in [4.69, 9.17) is 5.84 Å². The van der Waals surface area contributed by atoms with Gasteiger partial charge in [0, 0.05) is 18.2 Å². The van der Waals surface area contributed by atoms with Crippen LogP contribution in [-0.2, 0) is 11.3 Å². The summed E-state index contributed by atoms with van der Waals surface area (Å²) in [6.07, 6.45) is 2.15. The van der Waals surface area contributed by atoms with Crippen molar-refractivity contribution in [1.82, 2.24) is 19.8 Å². The first kappa shape index (κ1) is 18.6. The van der Waals surface area contributed by atoms with Crippen LogP contribution in [0.4, 0.5) is 0 Å². The summed E-state index contributed by atoms with van der Waals surface area (Å²) in [4.78, 5) is 14.8. The van der Waals surface area contributed by atoms with Crippen LogP contribution in [0.1, 0.15) is 24.0 Å². The van der Waals surface area contributed by atoms with Gasteiger partial charge in [-0.05, 0) is 25.3 Å². The Hall–Kier alpha value is -2.80. The molecule has 6 nitrogen and oxygen atoms in total. The van der Waals surface area contributed by atoms with Crippen LogP contribution in [0.3, 0.4) is 0 Å². The molecule has 1 saturated carbocycles. The lowest BCUT2D eigenvalue weighted by Gasteiger charge is -2.22. The average molecular weight is 394 g/mol. The van der Waals surface area contributed by atoms with Gasteiger partial charge in [-0.15, -0.1) is 10.2 Å². The summed E-state index contributed by atoms with van der Waals surface area (Å²) in [6, 6.07) is 18.4. The maximum absolute atomic E-state index is 12.8. The van der Waals surface area contributed by atoms with Gasteiger partial charge < -0.3 is 10.7 Å². The normalized spacial score (nSPS) is 13.5. The topological polar surface area (TPSA) is 77.0 Å². The monoisotopic (exact) mass is 393 g/mol. The van der Waals surface area contributed by atoms with E-state index in [0.29, 0.717) is 29.3 Å². The average Bonchev–Trinajstić information content (AvgIpc) is 3.49.